The minimum atomic E-state index is -0.115. The molecule has 112 valence electrons. The van der Waals surface area contributed by atoms with Gasteiger partial charge in [-0.3, -0.25) is 4.79 Å². The number of hydrogen-bond donors (Lipinski definition) is 0. The van der Waals surface area contributed by atoms with E-state index in [4.69, 9.17) is 9.15 Å². The Hall–Kier alpha value is -1.04. The van der Waals surface area contributed by atoms with Crippen LogP contribution in [0.2, 0.25) is 0 Å². The molecule has 0 radical (unpaired) electrons. The third-order valence-electron chi connectivity index (χ3n) is 3.45. The molecule has 1 aromatic rings. The smallest absolute Gasteiger partial charge is 0.306 e. The van der Waals surface area contributed by atoms with Crippen LogP contribution in [0.15, 0.2) is 4.42 Å². The fourth-order valence-corrected chi connectivity index (χ4v) is 3.11. The molecule has 2 rings (SSSR count). The van der Waals surface area contributed by atoms with E-state index in [1.807, 2.05) is 20.8 Å². The van der Waals surface area contributed by atoms with Crippen LogP contribution < -0.4 is 0 Å². The molecule has 0 aliphatic heterocycles. The predicted molar refractivity (Wildman–Crippen MR) is 77.5 cm³/mol. The van der Waals surface area contributed by atoms with E-state index in [1.54, 1.807) is 11.8 Å². The van der Waals surface area contributed by atoms with Crippen LogP contribution in [0.4, 0.5) is 0 Å². The minimum absolute atomic E-state index is 0.113. The summed E-state index contributed by atoms with van der Waals surface area (Å²) in [7, 11) is 1.44. The van der Waals surface area contributed by atoms with Gasteiger partial charge in [0.05, 0.1) is 19.3 Å². The molecule has 0 atom stereocenters. The average Bonchev–Trinajstić information content (AvgIpc) is 2.94. The summed E-state index contributed by atoms with van der Waals surface area (Å²) in [6.07, 6.45) is 2.73. The summed E-state index contributed by atoms with van der Waals surface area (Å²) in [5.41, 5.74) is 0.0309. The van der Waals surface area contributed by atoms with Gasteiger partial charge in [0.15, 0.2) is 0 Å². The van der Waals surface area contributed by atoms with Crippen molar-refractivity contribution in [3.8, 4) is 0 Å². The van der Waals surface area contributed by atoms with E-state index in [1.165, 1.54) is 7.11 Å². The second-order valence-corrected chi connectivity index (χ2v) is 7.48. The summed E-state index contributed by atoms with van der Waals surface area (Å²) in [6.45, 7) is 6.15. The zero-order chi connectivity index (χ0) is 14.8. The standard InChI is InChI=1S/C14H22N2O3S/c1-13(2,3)12-16-15-10(19-12)8-20-9-14(5-6-14)7-11(17)18-4/h5-9H2,1-4H3. The lowest BCUT2D eigenvalue weighted by atomic mass is 9.97. The van der Waals surface area contributed by atoms with Crippen LogP contribution in [0.3, 0.4) is 0 Å². The van der Waals surface area contributed by atoms with Crippen LogP contribution in [0.1, 0.15) is 51.8 Å². The normalized spacial score (nSPS) is 17.0. The van der Waals surface area contributed by atoms with Crippen molar-refractivity contribution in [3.63, 3.8) is 0 Å². The largest absolute Gasteiger partial charge is 0.469 e. The second kappa shape index (κ2) is 5.76. The third-order valence-corrected chi connectivity index (χ3v) is 4.71. The molecule has 0 N–H and O–H groups in total. The van der Waals surface area contributed by atoms with E-state index >= 15 is 0 Å². The van der Waals surface area contributed by atoms with Gasteiger partial charge in [-0.25, -0.2) is 0 Å². The van der Waals surface area contributed by atoms with Gasteiger partial charge in [-0.05, 0) is 24.0 Å². The lowest BCUT2D eigenvalue weighted by Crippen LogP contribution is -2.13. The van der Waals surface area contributed by atoms with Crippen LogP contribution in [0.5, 0.6) is 0 Å². The van der Waals surface area contributed by atoms with Crippen LogP contribution in [0.25, 0.3) is 0 Å². The van der Waals surface area contributed by atoms with Gasteiger partial charge < -0.3 is 9.15 Å². The molecule has 0 saturated heterocycles. The number of carbonyl (C=O) groups excluding carboxylic acids is 1. The first-order chi connectivity index (χ1) is 9.35. The van der Waals surface area contributed by atoms with Gasteiger partial charge in [0, 0.05) is 5.41 Å². The molecule has 1 aliphatic rings. The van der Waals surface area contributed by atoms with Crippen molar-refractivity contribution < 1.29 is 13.9 Å². The predicted octanol–water partition coefficient (Wildman–Crippen LogP) is 2.94. The maximum atomic E-state index is 11.3. The SMILES string of the molecule is COC(=O)CC1(CSCc2nnc(C(C)(C)C)o2)CC1. The van der Waals surface area contributed by atoms with Crippen molar-refractivity contribution in [1.82, 2.24) is 10.2 Å². The van der Waals surface area contributed by atoms with Crippen LogP contribution >= 0.6 is 11.8 Å². The number of ether oxygens (including phenoxy) is 1. The van der Waals surface area contributed by atoms with Gasteiger partial charge in [0.2, 0.25) is 11.8 Å². The molecule has 0 bridgehead atoms. The number of methoxy groups -OCH3 is 1. The molecule has 0 spiro atoms. The highest BCUT2D eigenvalue weighted by Gasteiger charge is 2.44. The Morgan fingerprint density at radius 1 is 1.40 bits per heavy atom. The number of carbonyl (C=O) groups is 1. The number of hydrogen-bond acceptors (Lipinski definition) is 6. The Balaban J connectivity index is 1.79. The first-order valence-electron chi connectivity index (χ1n) is 6.82. The van der Waals surface area contributed by atoms with Crippen molar-refractivity contribution >= 4 is 17.7 Å². The van der Waals surface area contributed by atoms with E-state index in [9.17, 15) is 4.79 Å². The highest BCUT2D eigenvalue weighted by molar-refractivity contribution is 7.98. The van der Waals surface area contributed by atoms with Gasteiger partial charge in [0.1, 0.15) is 0 Å². The van der Waals surface area contributed by atoms with E-state index in [2.05, 4.69) is 10.2 Å². The summed E-state index contributed by atoms with van der Waals surface area (Å²) in [4.78, 5) is 11.3. The average molecular weight is 298 g/mol. The summed E-state index contributed by atoms with van der Waals surface area (Å²) in [5.74, 6) is 2.86. The Bertz CT molecular complexity index is 475. The van der Waals surface area contributed by atoms with Gasteiger partial charge in [0.25, 0.3) is 0 Å². The summed E-state index contributed by atoms with van der Waals surface area (Å²) in [5, 5.41) is 8.15. The molecule has 1 fully saturated rings. The van der Waals surface area contributed by atoms with Crippen molar-refractivity contribution in [2.45, 2.75) is 51.2 Å². The van der Waals surface area contributed by atoms with Gasteiger partial charge in [-0.15, -0.1) is 10.2 Å². The molecule has 20 heavy (non-hydrogen) atoms. The zero-order valence-electron chi connectivity index (χ0n) is 12.6. The molecule has 5 nitrogen and oxygen atoms in total. The Kier molecular flexibility index (Phi) is 4.42. The second-order valence-electron chi connectivity index (χ2n) is 6.50. The fourth-order valence-electron chi connectivity index (χ4n) is 1.90. The van der Waals surface area contributed by atoms with Crippen molar-refractivity contribution in [2.75, 3.05) is 12.9 Å². The molecule has 1 aromatic heterocycles. The van der Waals surface area contributed by atoms with Gasteiger partial charge in [-0.2, -0.15) is 11.8 Å². The first-order valence-corrected chi connectivity index (χ1v) is 7.98. The van der Waals surface area contributed by atoms with Crippen LogP contribution in [0, 0.1) is 5.41 Å². The number of esters is 1. The van der Waals surface area contributed by atoms with Crippen LogP contribution in [-0.2, 0) is 20.7 Å². The molecule has 0 unspecified atom stereocenters. The minimum Gasteiger partial charge on any atom is -0.469 e. The molecular formula is C14H22N2O3S. The maximum absolute atomic E-state index is 11.3. The maximum Gasteiger partial charge on any atom is 0.306 e. The van der Waals surface area contributed by atoms with E-state index in [0.29, 0.717) is 24.0 Å². The highest BCUT2D eigenvalue weighted by atomic mass is 32.2. The lowest BCUT2D eigenvalue weighted by Gasteiger charge is -2.12. The molecule has 1 saturated carbocycles. The Morgan fingerprint density at radius 2 is 2.10 bits per heavy atom. The third kappa shape index (κ3) is 3.98. The van der Waals surface area contributed by atoms with E-state index < -0.39 is 0 Å². The summed E-state index contributed by atoms with van der Waals surface area (Å²) < 4.78 is 10.4. The Labute approximate surface area is 123 Å². The molecule has 0 aromatic carbocycles. The summed E-state index contributed by atoms with van der Waals surface area (Å²) >= 11 is 1.75. The zero-order valence-corrected chi connectivity index (χ0v) is 13.4. The number of nitrogens with zero attached hydrogens (tertiary/aromatic N) is 2. The number of rotatable bonds is 6. The van der Waals surface area contributed by atoms with E-state index in [0.717, 1.165) is 18.6 Å². The molecule has 1 heterocycles. The first kappa shape index (κ1) is 15.4. The molecular weight excluding hydrogens is 276 g/mol. The van der Waals surface area contributed by atoms with Gasteiger partial charge >= 0.3 is 5.97 Å². The van der Waals surface area contributed by atoms with Gasteiger partial charge in [-0.1, -0.05) is 20.8 Å². The number of aromatic nitrogens is 2. The number of thioether (sulfide) groups is 1. The quantitative estimate of drug-likeness (QED) is 0.752. The fraction of sp³-hybridized carbons (Fsp3) is 0.786. The lowest BCUT2D eigenvalue weighted by molar-refractivity contribution is -0.141. The molecule has 1 aliphatic carbocycles. The van der Waals surface area contributed by atoms with Crippen molar-refractivity contribution in [3.05, 3.63) is 11.8 Å². The summed E-state index contributed by atoms with van der Waals surface area (Å²) in [6, 6.07) is 0. The molecule has 6 heteroatoms. The van der Waals surface area contributed by atoms with Crippen molar-refractivity contribution in [2.24, 2.45) is 5.41 Å². The van der Waals surface area contributed by atoms with E-state index in [-0.39, 0.29) is 16.8 Å². The van der Waals surface area contributed by atoms with Crippen LogP contribution in [-0.4, -0.2) is 29.0 Å². The Morgan fingerprint density at radius 3 is 2.60 bits per heavy atom. The van der Waals surface area contributed by atoms with Crippen molar-refractivity contribution in [1.29, 1.82) is 0 Å². The topological polar surface area (TPSA) is 65.2 Å². The highest BCUT2D eigenvalue weighted by Crippen LogP contribution is 2.51. The molecule has 0 amide bonds. The monoisotopic (exact) mass is 298 g/mol.